The van der Waals surface area contributed by atoms with Gasteiger partial charge in [-0.25, -0.2) is 0 Å². The molecule has 1 heterocycles. The van der Waals surface area contributed by atoms with Crippen LogP contribution in [0.2, 0.25) is 0 Å². The Hall–Kier alpha value is -0.610. The van der Waals surface area contributed by atoms with E-state index in [4.69, 9.17) is 4.74 Å². The molecule has 2 rings (SSSR count). The zero-order chi connectivity index (χ0) is 13.7. The van der Waals surface area contributed by atoms with Crippen molar-refractivity contribution in [3.05, 3.63) is 0 Å². The van der Waals surface area contributed by atoms with Gasteiger partial charge in [0.2, 0.25) is 5.91 Å². The van der Waals surface area contributed by atoms with E-state index in [1.54, 1.807) is 0 Å². The van der Waals surface area contributed by atoms with E-state index in [1.165, 1.54) is 19.3 Å². The number of nitrogens with zero attached hydrogens (tertiary/aromatic N) is 1. The number of hydrogen-bond acceptors (Lipinski definition) is 3. The molecule has 4 nitrogen and oxygen atoms in total. The Balaban J connectivity index is 1.94. The molecule has 0 aromatic rings. The van der Waals surface area contributed by atoms with Crippen molar-refractivity contribution in [1.29, 1.82) is 0 Å². The third-order valence-corrected chi connectivity index (χ3v) is 4.64. The van der Waals surface area contributed by atoms with E-state index >= 15 is 0 Å². The Morgan fingerprint density at radius 3 is 2.74 bits per heavy atom. The lowest BCUT2D eigenvalue weighted by molar-refractivity contribution is -0.133. The largest absolute Gasteiger partial charge is 0.377 e. The lowest BCUT2D eigenvalue weighted by Crippen LogP contribution is -2.49. The van der Waals surface area contributed by atoms with Crippen LogP contribution < -0.4 is 5.32 Å². The summed E-state index contributed by atoms with van der Waals surface area (Å²) in [6.07, 6.45) is 7.85. The third kappa shape index (κ3) is 3.93. The van der Waals surface area contributed by atoms with Gasteiger partial charge in [0.05, 0.1) is 6.10 Å². The highest BCUT2D eigenvalue weighted by atomic mass is 16.5. The molecule has 1 unspecified atom stereocenters. The number of amides is 1. The Bertz CT molecular complexity index is 301. The van der Waals surface area contributed by atoms with E-state index in [1.807, 2.05) is 11.9 Å². The molecule has 110 valence electrons. The quantitative estimate of drug-likeness (QED) is 0.850. The van der Waals surface area contributed by atoms with Crippen LogP contribution in [0.3, 0.4) is 0 Å². The molecule has 19 heavy (non-hydrogen) atoms. The fourth-order valence-electron chi connectivity index (χ4n) is 3.37. The van der Waals surface area contributed by atoms with Crippen LogP contribution in [-0.4, -0.2) is 49.2 Å². The molecular weight excluding hydrogens is 240 g/mol. The number of nitrogens with one attached hydrogen (secondary N) is 1. The van der Waals surface area contributed by atoms with Crippen molar-refractivity contribution >= 4 is 5.91 Å². The van der Waals surface area contributed by atoms with Gasteiger partial charge in [-0.3, -0.25) is 4.79 Å². The van der Waals surface area contributed by atoms with Crippen molar-refractivity contribution in [2.75, 3.05) is 26.7 Å². The average Bonchev–Trinajstić information content (AvgIpc) is 2.64. The van der Waals surface area contributed by atoms with E-state index in [0.29, 0.717) is 12.3 Å². The summed E-state index contributed by atoms with van der Waals surface area (Å²) in [5.74, 6) is 0.300. The molecule has 2 aliphatic rings. The minimum atomic E-state index is 0.0474. The van der Waals surface area contributed by atoms with Crippen LogP contribution in [-0.2, 0) is 9.53 Å². The molecule has 2 fully saturated rings. The summed E-state index contributed by atoms with van der Waals surface area (Å²) in [5, 5.41) is 3.44. The van der Waals surface area contributed by atoms with Gasteiger partial charge in [0.25, 0.3) is 0 Å². The predicted molar refractivity (Wildman–Crippen MR) is 76.1 cm³/mol. The Labute approximate surface area is 116 Å². The van der Waals surface area contributed by atoms with Gasteiger partial charge in [-0.1, -0.05) is 19.3 Å². The van der Waals surface area contributed by atoms with Crippen molar-refractivity contribution in [2.24, 2.45) is 0 Å². The fourth-order valence-corrected chi connectivity index (χ4v) is 3.37. The molecule has 0 spiro atoms. The van der Waals surface area contributed by atoms with Gasteiger partial charge in [0, 0.05) is 31.7 Å². The monoisotopic (exact) mass is 268 g/mol. The van der Waals surface area contributed by atoms with Crippen LogP contribution in [0.5, 0.6) is 0 Å². The van der Waals surface area contributed by atoms with E-state index in [2.05, 4.69) is 12.2 Å². The van der Waals surface area contributed by atoms with E-state index in [-0.39, 0.29) is 11.6 Å². The third-order valence-electron chi connectivity index (χ3n) is 4.64. The molecule has 1 aliphatic heterocycles. The predicted octanol–water partition coefficient (Wildman–Crippen LogP) is 1.94. The number of carbonyl (C=O) groups is 1. The summed E-state index contributed by atoms with van der Waals surface area (Å²) in [4.78, 5) is 14.6. The maximum atomic E-state index is 12.6. The van der Waals surface area contributed by atoms with Crippen molar-refractivity contribution in [2.45, 2.75) is 63.5 Å². The van der Waals surface area contributed by atoms with Gasteiger partial charge in [-0.2, -0.15) is 0 Å². The first kappa shape index (κ1) is 14.8. The minimum Gasteiger partial charge on any atom is -0.377 e. The second-order valence-electron chi connectivity index (χ2n) is 6.14. The highest BCUT2D eigenvalue weighted by molar-refractivity contribution is 5.77. The van der Waals surface area contributed by atoms with Crippen LogP contribution in [0, 0.1) is 0 Å². The van der Waals surface area contributed by atoms with Crippen LogP contribution in [0.4, 0.5) is 0 Å². The van der Waals surface area contributed by atoms with Gasteiger partial charge in [-0.05, 0) is 33.2 Å². The second-order valence-corrected chi connectivity index (χ2v) is 6.14. The van der Waals surface area contributed by atoms with Crippen molar-refractivity contribution in [3.63, 3.8) is 0 Å². The Morgan fingerprint density at radius 1 is 1.32 bits per heavy atom. The average molecular weight is 268 g/mol. The number of ether oxygens (including phenoxy) is 1. The standard InChI is InChI=1S/C15H28N2O2/c1-13-12-17(9-6-10-19-13)14(18)11-15(16-2)7-4-3-5-8-15/h13,16H,3-12H2,1-2H3. The van der Waals surface area contributed by atoms with Gasteiger partial charge in [0.1, 0.15) is 0 Å². The summed E-state index contributed by atoms with van der Waals surface area (Å²) in [6.45, 7) is 4.43. The van der Waals surface area contributed by atoms with Gasteiger partial charge in [-0.15, -0.1) is 0 Å². The fraction of sp³-hybridized carbons (Fsp3) is 0.933. The normalized spacial score (nSPS) is 27.9. The van der Waals surface area contributed by atoms with E-state index in [9.17, 15) is 4.79 Å². The molecule has 1 atom stereocenters. The van der Waals surface area contributed by atoms with E-state index in [0.717, 1.165) is 39.0 Å². The molecular formula is C15H28N2O2. The molecule has 0 aromatic heterocycles. The highest BCUT2D eigenvalue weighted by Crippen LogP contribution is 2.31. The molecule has 1 saturated heterocycles. The molecule has 4 heteroatoms. The maximum Gasteiger partial charge on any atom is 0.224 e. The number of rotatable bonds is 3. The first-order valence-corrected chi connectivity index (χ1v) is 7.73. The molecule has 1 amide bonds. The van der Waals surface area contributed by atoms with E-state index < -0.39 is 0 Å². The molecule has 0 bridgehead atoms. The summed E-state index contributed by atoms with van der Waals surface area (Å²) in [7, 11) is 2.01. The molecule has 1 saturated carbocycles. The minimum absolute atomic E-state index is 0.0474. The smallest absolute Gasteiger partial charge is 0.224 e. The summed E-state index contributed by atoms with van der Waals surface area (Å²) >= 11 is 0. The molecule has 1 aliphatic carbocycles. The first-order chi connectivity index (χ1) is 9.15. The zero-order valence-corrected chi connectivity index (χ0v) is 12.4. The summed E-state index contributed by atoms with van der Waals surface area (Å²) in [6, 6.07) is 0. The molecule has 1 N–H and O–H groups in total. The lowest BCUT2D eigenvalue weighted by atomic mass is 9.79. The lowest BCUT2D eigenvalue weighted by Gasteiger charge is -2.38. The zero-order valence-electron chi connectivity index (χ0n) is 12.4. The van der Waals surface area contributed by atoms with Crippen LogP contribution >= 0.6 is 0 Å². The summed E-state index contributed by atoms with van der Waals surface area (Å²) < 4.78 is 5.62. The number of hydrogen-bond donors (Lipinski definition) is 1. The van der Waals surface area contributed by atoms with Gasteiger partial charge in [0.15, 0.2) is 0 Å². The van der Waals surface area contributed by atoms with Crippen LogP contribution in [0.25, 0.3) is 0 Å². The Morgan fingerprint density at radius 2 is 2.05 bits per heavy atom. The highest BCUT2D eigenvalue weighted by Gasteiger charge is 2.34. The van der Waals surface area contributed by atoms with Gasteiger partial charge < -0.3 is 15.0 Å². The summed E-state index contributed by atoms with van der Waals surface area (Å²) in [5.41, 5.74) is 0.0474. The molecule has 0 aromatic carbocycles. The second kappa shape index (κ2) is 6.71. The van der Waals surface area contributed by atoms with Crippen molar-refractivity contribution < 1.29 is 9.53 Å². The SMILES string of the molecule is CNC1(CC(=O)N2CCCOC(C)C2)CCCCC1. The van der Waals surface area contributed by atoms with Crippen molar-refractivity contribution in [3.8, 4) is 0 Å². The van der Waals surface area contributed by atoms with Crippen LogP contribution in [0.15, 0.2) is 0 Å². The van der Waals surface area contributed by atoms with Gasteiger partial charge >= 0.3 is 0 Å². The maximum absolute atomic E-state index is 12.6. The number of carbonyl (C=O) groups excluding carboxylic acids is 1. The topological polar surface area (TPSA) is 41.6 Å². The first-order valence-electron chi connectivity index (χ1n) is 7.73. The Kier molecular flexibility index (Phi) is 5.22. The molecule has 0 radical (unpaired) electrons. The van der Waals surface area contributed by atoms with Crippen molar-refractivity contribution in [1.82, 2.24) is 10.2 Å². The van der Waals surface area contributed by atoms with Crippen LogP contribution in [0.1, 0.15) is 51.9 Å².